The first-order chi connectivity index (χ1) is 8.99. The fraction of sp³-hybridized carbons (Fsp3) is 0.643. The molecule has 0 amide bonds. The highest BCUT2D eigenvalue weighted by Crippen LogP contribution is 2.21. The Morgan fingerprint density at radius 3 is 3.00 bits per heavy atom. The van der Waals surface area contributed by atoms with Crippen LogP contribution >= 0.6 is 24.0 Å². The quantitative estimate of drug-likeness (QED) is 0.469. The first kappa shape index (κ1) is 17.3. The molecule has 2 atom stereocenters. The van der Waals surface area contributed by atoms with Crippen LogP contribution in [0.15, 0.2) is 27.8 Å². The highest BCUT2D eigenvalue weighted by Gasteiger charge is 2.26. The summed E-state index contributed by atoms with van der Waals surface area (Å²) in [6, 6.07) is 3.50. The van der Waals surface area contributed by atoms with Gasteiger partial charge < -0.3 is 20.2 Å². The molecule has 1 fully saturated rings. The van der Waals surface area contributed by atoms with Crippen molar-refractivity contribution in [3.05, 3.63) is 24.2 Å². The number of nitrogens with zero attached hydrogens (tertiary/aromatic N) is 2. The Morgan fingerprint density at radius 1 is 1.65 bits per heavy atom. The molecule has 2 rings (SSSR count). The van der Waals surface area contributed by atoms with Gasteiger partial charge in [0.1, 0.15) is 11.4 Å². The minimum atomic E-state index is -1.12. The molecule has 1 aliphatic heterocycles. The van der Waals surface area contributed by atoms with Crippen molar-refractivity contribution in [2.24, 2.45) is 16.6 Å². The van der Waals surface area contributed by atoms with E-state index in [-0.39, 0.29) is 30.5 Å². The smallest absolute Gasteiger partial charge is 0.191 e. The fourth-order valence-corrected chi connectivity index (χ4v) is 2.40. The molecule has 6 heteroatoms. The second-order valence-corrected chi connectivity index (χ2v) is 5.62. The van der Waals surface area contributed by atoms with Crippen LogP contribution in [0.5, 0.6) is 0 Å². The number of likely N-dealkylation sites (tertiary alicyclic amines) is 1. The van der Waals surface area contributed by atoms with E-state index in [4.69, 9.17) is 10.2 Å². The topological polar surface area (TPSA) is 75.0 Å². The third-order valence-corrected chi connectivity index (χ3v) is 3.58. The maximum atomic E-state index is 10.3. The zero-order chi connectivity index (χ0) is 13.9. The molecule has 0 spiro atoms. The second kappa shape index (κ2) is 7.31. The van der Waals surface area contributed by atoms with E-state index in [2.05, 4.69) is 16.8 Å². The van der Waals surface area contributed by atoms with Crippen molar-refractivity contribution in [2.45, 2.75) is 32.3 Å². The van der Waals surface area contributed by atoms with Crippen molar-refractivity contribution in [1.82, 2.24) is 4.90 Å². The third-order valence-electron chi connectivity index (χ3n) is 3.58. The number of hydrogen-bond donors (Lipinski definition) is 2. The van der Waals surface area contributed by atoms with Gasteiger partial charge in [-0.1, -0.05) is 6.92 Å². The van der Waals surface area contributed by atoms with E-state index in [0.29, 0.717) is 17.6 Å². The zero-order valence-corrected chi connectivity index (χ0v) is 14.4. The average Bonchev–Trinajstić information content (AvgIpc) is 2.90. The summed E-state index contributed by atoms with van der Waals surface area (Å²) in [6.45, 7) is 6.00. The minimum absolute atomic E-state index is 0. The van der Waals surface area contributed by atoms with Crippen molar-refractivity contribution in [3.8, 4) is 0 Å². The standard InChI is InChI=1S/C14H23N3O2.HI/c1-11-5-3-7-17(9-11)13(15)16-10-14(2,18)12-6-4-8-19-12;/h4,6,8,11,18H,3,5,7,9-10H2,1-2H3,(H2,15,16);1H. The highest BCUT2D eigenvalue weighted by atomic mass is 127. The molecule has 5 nitrogen and oxygen atoms in total. The molecule has 1 aromatic rings. The van der Waals surface area contributed by atoms with E-state index in [1.807, 2.05) is 0 Å². The number of hydrogen-bond acceptors (Lipinski definition) is 3. The van der Waals surface area contributed by atoms with E-state index in [1.54, 1.807) is 25.3 Å². The summed E-state index contributed by atoms with van der Waals surface area (Å²) in [7, 11) is 0. The van der Waals surface area contributed by atoms with E-state index >= 15 is 0 Å². The number of halogens is 1. The third kappa shape index (κ3) is 4.37. The van der Waals surface area contributed by atoms with Crippen LogP contribution in [0.25, 0.3) is 0 Å². The SMILES string of the molecule is CC1CCCN(C(N)=NCC(C)(O)c2ccco2)C1.I. The lowest BCUT2D eigenvalue weighted by molar-refractivity contribution is 0.0434. The molecular weight excluding hydrogens is 369 g/mol. The summed E-state index contributed by atoms with van der Waals surface area (Å²) in [5.74, 6) is 1.67. The summed E-state index contributed by atoms with van der Waals surface area (Å²) in [5, 5.41) is 10.3. The Hall–Kier alpha value is -0.760. The van der Waals surface area contributed by atoms with E-state index in [9.17, 15) is 5.11 Å². The van der Waals surface area contributed by atoms with Crippen molar-refractivity contribution >= 4 is 29.9 Å². The molecule has 3 N–H and O–H groups in total. The van der Waals surface area contributed by atoms with Crippen molar-refractivity contribution in [1.29, 1.82) is 0 Å². The van der Waals surface area contributed by atoms with E-state index < -0.39 is 5.60 Å². The summed E-state index contributed by atoms with van der Waals surface area (Å²) < 4.78 is 5.22. The number of guanidine groups is 1. The van der Waals surface area contributed by atoms with Gasteiger partial charge >= 0.3 is 0 Å². The van der Waals surface area contributed by atoms with Gasteiger partial charge in [-0.2, -0.15) is 0 Å². The molecule has 0 aromatic carbocycles. The monoisotopic (exact) mass is 393 g/mol. The molecule has 1 aliphatic rings. The molecule has 114 valence electrons. The Bertz CT molecular complexity index is 432. The lowest BCUT2D eigenvalue weighted by Crippen LogP contribution is -2.44. The highest BCUT2D eigenvalue weighted by molar-refractivity contribution is 14.0. The summed E-state index contributed by atoms with van der Waals surface area (Å²) >= 11 is 0. The van der Waals surface area contributed by atoms with Gasteiger partial charge in [0.25, 0.3) is 0 Å². The molecule has 2 unspecified atom stereocenters. The number of piperidine rings is 1. The van der Waals surface area contributed by atoms with E-state index in [0.717, 1.165) is 19.5 Å². The molecule has 1 aromatic heterocycles. The molecule has 0 bridgehead atoms. The number of rotatable bonds is 3. The molecule has 2 heterocycles. The lowest BCUT2D eigenvalue weighted by Gasteiger charge is -2.32. The molecule has 1 saturated heterocycles. The zero-order valence-electron chi connectivity index (χ0n) is 12.1. The van der Waals surface area contributed by atoms with Crippen LogP contribution in [0.1, 0.15) is 32.4 Å². The van der Waals surface area contributed by atoms with Gasteiger partial charge in [-0.25, -0.2) is 4.99 Å². The first-order valence-electron chi connectivity index (χ1n) is 6.80. The Morgan fingerprint density at radius 2 is 2.40 bits per heavy atom. The van der Waals surface area contributed by atoms with Crippen LogP contribution in [-0.4, -0.2) is 35.6 Å². The van der Waals surface area contributed by atoms with Gasteiger partial charge in [0.05, 0.1) is 12.8 Å². The van der Waals surface area contributed by atoms with Gasteiger partial charge in [0, 0.05) is 13.1 Å². The Kier molecular flexibility index (Phi) is 6.32. The number of aliphatic hydroxyl groups is 1. The average molecular weight is 393 g/mol. The first-order valence-corrected chi connectivity index (χ1v) is 6.80. The molecule has 0 aliphatic carbocycles. The minimum Gasteiger partial charge on any atom is -0.466 e. The normalized spacial score (nSPS) is 23.1. The van der Waals surface area contributed by atoms with Crippen LogP contribution < -0.4 is 5.73 Å². The number of furan rings is 1. The van der Waals surface area contributed by atoms with Gasteiger partial charge in [-0.15, -0.1) is 24.0 Å². The predicted molar refractivity (Wildman–Crippen MR) is 90.2 cm³/mol. The molecule has 20 heavy (non-hydrogen) atoms. The molecular formula is C14H24IN3O2. The largest absolute Gasteiger partial charge is 0.466 e. The predicted octanol–water partition coefficient (Wildman–Crippen LogP) is 2.15. The number of aliphatic imine (C=N–C) groups is 1. The van der Waals surface area contributed by atoms with Crippen LogP contribution in [0.2, 0.25) is 0 Å². The Labute approximate surface area is 137 Å². The molecule has 0 radical (unpaired) electrons. The van der Waals surface area contributed by atoms with Crippen LogP contribution in [0.3, 0.4) is 0 Å². The maximum Gasteiger partial charge on any atom is 0.191 e. The van der Waals surface area contributed by atoms with Crippen molar-refractivity contribution in [2.75, 3.05) is 19.6 Å². The van der Waals surface area contributed by atoms with Gasteiger partial charge in [0.2, 0.25) is 0 Å². The number of nitrogens with two attached hydrogens (primary N) is 1. The Balaban J connectivity index is 0.00000200. The maximum absolute atomic E-state index is 10.3. The van der Waals surface area contributed by atoms with Crippen LogP contribution in [-0.2, 0) is 5.60 Å². The van der Waals surface area contributed by atoms with Gasteiger partial charge in [-0.05, 0) is 37.8 Å². The summed E-state index contributed by atoms with van der Waals surface area (Å²) in [6.07, 6.45) is 3.93. The fourth-order valence-electron chi connectivity index (χ4n) is 2.40. The van der Waals surface area contributed by atoms with E-state index in [1.165, 1.54) is 6.42 Å². The summed E-state index contributed by atoms with van der Waals surface area (Å²) in [5.41, 5.74) is 4.89. The second-order valence-electron chi connectivity index (χ2n) is 5.62. The summed E-state index contributed by atoms with van der Waals surface area (Å²) in [4.78, 5) is 6.41. The van der Waals surface area contributed by atoms with Gasteiger partial charge in [-0.3, -0.25) is 0 Å². The molecule has 0 saturated carbocycles. The lowest BCUT2D eigenvalue weighted by atomic mass is 10.0. The van der Waals surface area contributed by atoms with Crippen LogP contribution in [0, 0.1) is 5.92 Å². The van der Waals surface area contributed by atoms with Crippen molar-refractivity contribution < 1.29 is 9.52 Å². The van der Waals surface area contributed by atoms with Crippen LogP contribution in [0.4, 0.5) is 0 Å². The van der Waals surface area contributed by atoms with Crippen molar-refractivity contribution in [3.63, 3.8) is 0 Å². The van der Waals surface area contributed by atoms with Gasteiger partial charge in [0.15, 0.2) is 5.96 Å².